The van der Waals surface area contributed by atoms with E-state index in [-0.39, 0.29) is 24.8 Å². The lowest BCUT2D eigenvalue weighted by atomic mass is 9.95. The summed E-state index contributed by atoms with van der Waals surface area (Å²) in [5.41, 5.74) is 0. The molecule has 0 amide bonds. The van der Waals surface area contributed by atoms with E-state index in [9.17, 15) is 14.4 Å². The summed E-state index contributed by atoms with van der Waals surface area (Å²) >= 11 is 0. The highest BCUT2D eigenvalue weighted by Gasteiger charge is 2.20. The van der Waals surface area contributed by atoms with Gasteiger partial charge in [-0.05, 0) is 12.8 Å². The van der Waals surface area contributed by atoms with Gasteiger partial charge in [-0.2, -0.15) is 0 Å². The van der Waals surface area contributed by atoms with Gasteiger partial charge in [-0.1, -0.05) is 26.2 Å². The molecule has 5 heteroatoms. The first-order chi connectivity index (χ1) is 9.51. The summed E-state index contributed by atoms with van der Waals surface area (Å²) in [5, 5.41) is 0. The van der Waals surface area contributed by atoms with Gasteiger partial charge in [0.15, 0.2) is 0 Å². The lowest BCUT2D eigenvalue weighted by Crippen LogP contribution is -2.23. The fraction of sp³-hybridized carbons (Fsp3) is 0.800. The second kappa shape index (κ2) is 11.4. The van der Waals surface area contributed by atoms with E-state index in [4.69, 9.17) is 4.74 Å². The Hall–Kier alpha value is -1.39. The first-order valence-corrected chi connectivity index (χ1v) is 7.24. The van der Waals surface area contributed by atoms with Crippen molar-refractivity contribution >= 4 is 17.7 Å². The number of carbonyl (C=O) groups excluding carboxylic acids is 3. The maximum Gasteiger partial charge on any atom is 0.305 e. The molecule has 0 fully saturated rings. The number of rotatable bonds is 11. The maximum absolute atomic E-state index is 12.1. The van der Waals surface area contributed by atoms with Crippen molar-refractivity contribution in [2.45, 2.75) is 58.8 Å². The predicted octanol–water partition coefficient (Wildman–Crippen LogP) is 2.66. The topological polar surface area (TPSA) is 69.7 Å². The van der Waals surface area contributed by atoms with E-state index in [0.717, 1.165) is 25.7 Å². The molecule has 0 rings (SSSR count). The van der Waals surface area contributed by atoms with E-state index in [0.29, 0.717) is 12.8 Å². The number of carbonyl (C=O) groups is 3. The van der Waals surface area contributed by atoms with Gasteiger partial charge in [-0.15, -0.1) is 0 Å². The number of unbranched alkanes of at least 4 members (excludes halogenated alkanes) is 3. The summed E-state index contributed by atoms with van der Waals surface area (Å²) in [6, 6.07) is 0. The summed E-state index contributed by atoms with van der Waals surface area (Å²) in [6.07, 6.45) is 5.13. The third kappa shape index (κ3) is 9.53. The van der Waals surface area contributed by atoms with E-state index in [2.05, 4.69) is 11.7 Å². The van der Waals surface area contributed by atoms with E-state index in [1.165, 1.54) is 14.0 Å². The van der Waals surface area contributed by atoms with Crippen molar-refractivity contribution in [2.24, 2.45) is 5.92 Å². The molecule has 0 radical (unpaired) electrons. The molecule has 0 spiro atoms. The van der Waals surface area contributed by atoms with Gasteiger partial charge in [0, 0.05) is 19.8 Å². The molecule has 0 N–H and O–H groups in total. The summed E-state index contributed by atoms with van der Waals surface area (Å²) in [7, 11) is 1.32. The first kappa shape index (κ1) is 18.6. The molecule has 0 aromatic rings. The molecule has 1 atom stereocenters. The van der Waals surface area contributed by atoms with Crippen molar-refractivity contribution in [1.29, 1.82) is 0 Å². The van der Waals surface area contributed by atoms with Crippen LogP contribution < -0.4 is 0 Å². The minimum atomic E-state index is -0.410. The maximum atomic E-state index is 12.1. The van der Waals surface area contributed by atoms with Crippen LogP contribution in [-0.2, 0) is 23.9 Å². The molecule has 0 saturated carbocycles. The predicted molar refractivity (Wildman–Crippen MR) is 75.1 cm³/mol. The molecule has 0 heterocycles. The minimum Gasteiger partial charge on any atom is -0.469 e. The zero-order valence-corrected chi connectivity index (χ0v) is 12.8. The molecular formula is C15H26O5. The monoisotopic (exact) mass is 286 g/mol. The smallest absolute Gasteiger partial charge is 0.305 e. The quantitative estimate of drug-likeness (QED) is 0.431. The van der Waals surface area contributed by atoms with Gasteiger partial charge in [0.25, 0.3) is 0 Å². The number of esters is 2. The Morgan fingerprint density at radius 2 is 1.75 bits per heavy atom. The Bertz CT molecular complexity index is 311. The van der Waals surface area contributed by atoms with E-state index in [1.807, 2.05) is 0 Å². The third-order valence-corrected chi connectivity index (χ3v) is 3.14. The molecular weight excluding hydrogens is 260 g/mol. The fourth-order valence-corrected chi connectivity index (χ4v) is 1.88. The molecule has 5 nitrogen and oxygen atoms in total. The first-order valence-electron chi connectivity index (χ1n) is 7.24. The van der Waals surface area contributed by atoms with Gasteiger partial charge in [0.1, 0.15) is 12.4 Å². The Labute approximate surface area is 121 Å². The summed E-state index contributed by atoms with van der Waals surface area (Å²) in [5.74, 6) is -1.10. The van der Waals surface area contributed by atoms with Crippen LogP contribution in [0.2, 0.25) is 0 Å². The average Bonchev–Trinajstić information content (AvgIpc) is 2.42. The van der Waals surface area contributed by atoms with Gasteiger partial charge >= 0.3 is 11.9 Å². The number of ketones is 1. The van der Waals surface area contributed by atoms with E-state index >= 15 is 0 Å². The molecule has 0 saturated heterocycles. The molecule has 0 bridgehead atoms. The molecule has 1 unspecified atom stereocenters. The van der Waals surface area contributed by atoms with Crippen LogP contribution in [0.3, 0.4) is 0 Å². The van der Waals surface area contributed by atoms with Crippen molar-refractivity contribution in [1.82, 2.24) is 0 Å². The zero-order valence-electron chi connectivity index (χ0n) is 12.8. The van der Waals surface area contributed by atoms with Gasteiger partial charge in [0.05, 0.1) is 13.0 Å². The van der Waals surface area contributed by atoms with Crippen molar-refractivity contribution in [3.63, 3.8) is 0 Å². The van der Waals surface area contributed by atoms with Crippen LogP contribution in [0, 0.1) is 5.92 Å². The standard InChI is InChI=1S/C15H26O5/c1-4-5-6-7-8-14(17)13(11-20-12(2)16)9-10-15(18)19-3/h13H,4-11H2,1-3H3. The van der Waals surface area contributed by atoms with Gasteiger partial charge in [-0.3, -0.25) is 14.4 Å². The number of methoxy groups -OCH3 is 1. The molecule has 0 aliphatic carbocycles. The number of ether oxygens (including phenoxy) is 2. The van der Waals surface area contributed by atoms with Gasteiger partial charge in [-0.25, -0.2) is 0 Å². The molecule has 0 aromatic heterocycles. The second-order valence-corrected chi connectivity index (χ2v) is 4.89. The normalized spacial score (nSPS) is 11.8. The minimum absolute atomic E-state index is 0.0545. The SMILES string of the molecule is CCCCCCC(=O)C(CCC(=O)OC)COC(C)=O. The Morgan fingerprint density at radius 3 is 2.30 bits per heavy atom. The lowest BCUT2D eigenvalue weighted by Gasteiger charge is -2.15. The average molecular weight is 286 g/mol. The van der Waals surface area contributed by atoms with Crippen molar-refractivity contribution in [3.05, 3.63) is 0 Å². The van der Waals surface area contributed by atoms with Crippen molar-refractivity contribution < 1.29 is 23.9 Å². The lowest BCUT2D eigenvalue weighted by molar-refractivity contribution is -0.144. The highest BCUT2D eigenvalue weighted by molar-refractivity contribution is 5.82. The van der Waals surface area contributed by atoms with E-state index < -0.39 is 11.9 Å². The molecule has 116 valence electrons. The summed E-state index contributed by atoms with van der Waals surface area (Å²) in [6.45, 7) is 3.48. The summed E-state index contributed by atoms with van der Waals surface area (Å²) < 4.78 is 9.47. The van der Waals surface area contributed by atoms with Gasteiger partial charge < -0.3 is 9.47 Å². The fourth-order valence-electron chi connectivity index (χ4n) is 1.88. The van der Waals surface area contributed by atoms with Crippen LogP contribution in [0.4, 0.5) is 0 Å². The van der Waals surface area contributed by atoms with E-state index in [1.54, 1.807) is 0 Å². The summed E-state index contributed by atoms with van der Waals surface area (Å²) in [4.78, 5) is 34.1. The van der Waals surface area contributed by atoms with Gasteiger partial charge in [0.2, 0.25) is 0 Å². The Kier molecular flexibility index (Phi) is 10.6. The Morgan fingerprint density at radius 1 is 1.05 bits per heavy atom. The van der Waals surface area contributed by atoms with Crippen LogP contribution >= 0.6 is 0 Å². The molecule has 0 aliphatic heterocycles. The zero-order chi connectivity index (χ0) is 15.4. The highest BCUT2D eigenvalue weighted by Crippen LogP contribution is 2.14. The van der Waals surface area contributed by atoms with Crippen LogP contribution in [0.5, 0.6) is 0 Å². The van der Waals surface area contributed by atoms with Crippen LogP contribution in [0.25, 0.3) is 0 Å². The van der Waals surface area contributed by atoms with Crippen molar-refractivity contribution in [2.75, 3.05) is 13.7 Å². The highest BCUT2D eigenvalue weighted by atomic mass is 16.5. The third-order valence-electron chi connectivity index (χ3n) is 3.14. The molecule has 20 heavy (non-hydrogen) atoms. The molecule has 0 aromatic carbocycles. The number of hydrogen-bond donors (Lipinski definition) is 0. The number of hydrogen-bond acceptors (Lipinski definition) is 5. The van der Waals surface area contributed by atoms with Crippen LogP contribution in [0.1, 0.15) is 58.8 Å². The molecule has 0 aliphatic rings. The number of Topliss-reactive ketones (excluding diaryl/α,β-unsaturated/α-hetero) is 1. The largest absolute Gasteiger partial charge is 0.469 e. The van der Waals surface area contributed by atoms with Crippen LogP contribution in [-0.4, -0.2) is 31.4 Å². The Balaban J connectivity index is 4.22. The second-order valence-electron chi connectivity index (χ2n) is 4.89. The van der Waals surface area contributed by atoms with Crippen molar-refractivity contribution in [3.8, 4) is 0 Å². The van der Waals surface area contributed by atoms with Crippen LogP contribution in [0.15, 0.2) is 0 Å².